The molecular weight excluding hydrogens is 467 g/mol. The minimum absolute atomic E-state index is 0.149. The summed E-state index contributed by atoms with van der Waals surface area (Å²) in [5.41, 5.74) is 1.41. The zero-order chi connectivity index (χ0) is 23.7. The van der Waals surface area contributed by atoms with E-state index in [1.54, 1.807) is 42.5 Å². The predicted molar refractivity (Wildman–Crippen MR) is 124 cm³/mol. The van der Waals surface area contributed by atoms with E-state index in [2.05, 4.69) is 5.32 Å². The molecule has 3 aromatic rings. The number of fused-ring (bicyclic) bond motifs is 1. The molecule has 0 aliphatic carbocycles. The van der Waals surface area contributed by atoms with Gasteiger partial charge in [0, 0.05) is 0 Å². The summed E-state index contributed by atoms with van der Waals surface area (Å²) in [4.78, 5) is 51.1. The molecule has 33 heavy (non-hydrogen) atoms. The van der Waals surface area contributed by atoms with Crippen molar-refractivity contribution >= 4 is 58.3 Å². The Morgan fingerprint density at radius 2 is 1.48 bits per heavy atom. The third kappa shape index (κ3) is 4.33. The summed E-state index contributed by atoms with van der Waals surface area (Å²) in [6.45, 7) is 1.42. The number of esters is 1. The standard InChI is InChI=1S/C24H16Cl2N2O5/c1-13(21(29)27-19-8-4-7-18(25)20(19)26)33-24(32)14-9-11-15(12-10-14)28-22(30)16-5-2-3-6-17(16)23(28)31/h2-13H,1H3,(H,27,29). The van der Waals surface area contributed by atoms with Crippen LogP contribution in [0.4, 0.5) is 11.4 Å². The molecule has 0 aromatic heterocycles. The number of halogens is 2. The zero-order valence-electron chi connectivity index (χ0n) is 17.2. The second kappa shape index (κ2) is 9.05. The van der Waals surface area contributed by atoms with Crippen molar-refractivity contribution in [2.24, 2.45) is 0 Å². The normalized spacial score (nSPS) is 13.5. The van der Waals surface area contributed by atoms with Crippen LogP contribution in [0.2, 0.25) is 10.0 Å². The van der Waals surface area contributed by atoms with Gasteiger partial charge in [0.15, 0.2) is 6.10 Å². The van der Waals surface area contributed by atoms with Crippen molar-refractivity contribution in [2.45, 2.75) is 13.0 Å². The van der Waals surface area contributed by atoms with Gasteiger partial charge in [-0.2, -0.15) is 0 Å². The summed E-state index contributed by atoms with van der Waals surface area (Å²) in [6.07, 6.45) is -1.12. The fourth-order valence-electron chi connectivity index (χ4n) is 3.29. The van der Waals surface area contributed by atoms with Crippen LogP contribution in [0.1, 0.15) is 38.0 Å². The van der Waals surface area contributed by atoms with Gasteiger partial charge in [0.05, 0.1) is 38.1 Å². The molecule has 1 unspecified atom stereocenters. The molecule has 1 aliphatic heterocycles. The van der Waals surface area contributed by atoms with Gasteiger partial charge >= 0.3 is 5.97 Å². The van der Waals surface area contributed by atoms with Crippen molar-refractivity contribution in [1.29, 1.82) is 0 Å². The predicted octanol–water partition coefficient (Wildman–Crippen LogP) is 4.98. The number of ether oxygens (including phenoxy) is 1. The molecule has 4 rings (SSSR count). The van der Waals surface area contributed by atoms with Crippen LogP contribution in [0.3, 0.4) is 0 Å². The van der Waals surface area contributed by atoms with Crippen LogP contribution in [0.5, 0.6) is 0 Å². The van der Waals surface area contributed by atoms with E-state index < -0.39 is 29.8 Å². The Balaban J connectivity index is 1.42. The van der Waals surface area contributed by atoms with Gasteiger partial charge < -0.3 is 10.1 Å². The maximum atomic E-state index is 12.6. The SMILES string of the molecule is CC(OC(=O)c1ccc(N2C(=O)c3ccccc3C2=O)cc1)C(=O)Nc1cccc(Cl)c1Cl. The topological polar surface area (TPSA) is 92.8 Å². The van der Waals surface area contributed by atoms with E-state index in [0.29, 0.717) is 22.5 Å². The van der Waals surface area contributed by atoms with Crippen molar-refractivity contribution < 1.29 is 23.9 Å². The Labute approximate surface area is 198 Å². The molecule has 0 radical (unpaired) electrons. The number of hydrogen-bond donors (Lipinski definition) is 1. The molecule has 1 atom stereocenters. The van der Waals surface area contributed by atoms with Crippen LogP contribution in [0.25, 0.3) is 0 Å². The number of carbonyl (C=O) groups excluding carboxylic acids is 4. The average molecular weight is 483 g/mol. The molecule has 0 fully saturated rings. The average Bonchev–Trinajstić information content (AvgIpc) is 3.07. The molecular formula is C24H16Cl2N2O5. The second-order valence-corrected chi connectivity index (χ2v) is 7.96. The Morgan fingerprint density at radius 3 is 2.09 bits per heavy atom. The number of amides is 3. The first-order valence-electron chi connectivity index (χ1n) is 9.81. The molecule has 0 spiro atoms. The molecule has 0 bridgehead atoms. The van der Waals surface area contributed by atoms with E-state index in [9.17, 15) is 19.2 Å². The maximum absolute atomic E-state index is 12.6. The monoisotopic (exact) mass is 482 g/mol. The Hall–Kier alpha value is -3.68. The van der Waals surface area contributed by atoms with Crippen LogP contribution in [-0.2, 0) is 9.53 Å². The summed E-state index contributed by atoms with van der Waals surface area (Å²) in [5.74, 6) is -2.20. The first-order valence-corrected chi connectivity index (χ1v) is 10.6. The highest BCUT2D eigenvalue weighted by atomic mass is 35.5. The molecule has 1 N–H and O–H groups in total. The van der Waals surface area contributed by atoms with Gasteiger partial charge in [0.1, 0.15) is 0 Å². The van der Waals surface area contributed by atoms with E-state index >= 15 is 0 Å². The molecule has 0 saturated heterocycles. The van der Waals surface area contributed by atoms with Gasteiger partial charge in [0.25, 0.3) is 17.7 Å². The quantitative estimate of drug-likeness (QED) is 0.408. The lowest BCUT2D eigenvalue weighted by atomic mass is 10.1. The molecule has 3 aromatic carbocycles. The van der Waals surface area contributed by atoms with Crippen molar-refractivity contribution in [3.8, 4) is 0 Å². The number of rotatable bonds is 5. The van der Waals surface area contributed by atoms with Crippen molar-refractivity contribution in [2.75, 3.05) is 10.2 Å². The highest BCUT2D eigenvalue weighted by Gasteiger charge is 2.36. The number of nitrogens with zero attached hydrogens (tertiary/aromatic N) is 1. The Bertz CT molecular complexity index is 1260. The number of carbonyl (C=O) groups is 4. The fourth-order valence-corrected chi connectivity index (χ4v) is 3.63. The van der Waals surface area contributed by atoms with Gasteiger partial charge in [-0.25, -0.2) is 9.69 Å². The summed E-state index contributed by atoms with van der Waals surface area (Å²) in [7, 11) is 0. The van der Waals surface area contributed by atoms with Crippen molar-refractivity contribution in [1.82, 2.24) is 0 Å². The van der Waals surface area contributed by atoms with Crippen LogP contribution >= 0.6 is 23.2 Å². The number of nitrogens with one attached hydrogen (secondary N) is 1. The van der Waals surface area contributed by atoms with Crippen LogP contribution in [-0.4, -0.2) is 29.8 Å². The van der Waals surface area contributed by atoms with Gasteiger partial charge in [-0.1, -0.05) is 41.4 Å². The Morgan fingerprint density at radius 1 is 0.879 bits per heavy atom. The molecule has 166 valence electrons. The number of benzene rings is 3. The fraction of sp³-hybridized carbons (Fsp3) is 0.0833. The summed E-state index contributed by atoms with van der Waals surface area (Å²) >= 11 is 12.0. The Kier molecular flexibility index (Phi) is 6.18. The van der Waals surface area contributed by atoms with Crippen LogP contribution in [0.15, 0.2) is 66.7 Å². The molecule has 1 aliphatic rings. The molecule has 0 saturated carbocycles. The number of anilines is 2. The largest absolute Gasteiger partial charge is 0.449 e. The molecule has 9 heteroatoms. The minimum atomic E-state index is -1.12. The molecule has 7 nitrogen and oxygen atoms in total. The van der Waals surface area contributed by atoms with Crippen molar-refractivity contribution in [3.05, 3.63) is 93.5 Å². The van der Waals surface area contributed by atoms with Crippen molar-refractivity contribution in [3.63, 3.8) is 0 Å². The molecule has 1 heterocycles. The van der Waals surface area contributed by atoms with Gasteiger partial charge in [-0.05, 0) is 55.5 Å². The lowest BCUT2D eigenvalue weighted by Gasteiger charge is -2.16. The minimum Gasteiger partial charge on any atom is -0.449 e. The van der Waals surface area contributed by atoms with E-state index in [0.717, 1.165) is 4.90 Å². The van der Waals surface area contributed by atoms with E-state index in [4.69, 9.17) is 27.9 Å². The summed E-state index contributed by atoms with van der Waals surface area (Å²) in [6, 6.07) is 17.1. The number of imide groups is 1. The zero-order valence-corrected chi connectivity index (χ0v) is 18.7. The first-order chi connectivity index (χ1) is 15.8. The summed E-state index contributed by atoms with van der Waals surface area (Å²) < 4.78 is 5.22. The van der Waals surface area contributed by atoms with Crippen LogP contribution in [0, 0.1) is 0 Å². The van der Waals surface area contributed by atoms with E-state index in [1.165, 1.54) is 31.2 Å². The third-order valence-corrected chi connectivity index (χ3v) is 5.84. The maximum Gasteiger partial charge on any atom is 0.338 e. The van der Waals surface area contributed by atoms with Gasteiger partial charge in [0.2, 0.25) is 0 Å². The van der Waals surface area contributed by atoms with Gasteiger partial charge in [-0.15, -0.1) is 0 Å². The smallest absolute Gasteiger partial charge is 0.338 e. The third-order valence-electron chi connectivity index (χ3n) is 5.02. The lowest BCUT2D eigenvalue weighted by Crippen LogP contribution is -2.30. The van der Waals surface area contributed by atoms with E-state index in [1.807, 2.05) is 0 Å². The van der Waals surface area contributed by atoms with Crippen LogP contribution < -0.4 is 10.2 Å². The highest BCUT2D eigenvalue weighted by molar-refractivity contribution is 6.44. The second-order valence-electron chi connectivity index (χ2n) is 7.18. The summed E-state index contributed by atoms with van der Waals surface area (Å²) in [5, 5.41) is 3.01. The lowest BCUT2D eigenvalue weighted by molar-refractivity contribution is -0.123. The van der Waals surface area contributed by atoms with Gasteiger partial charge in [-0.3, -0.25) is 14.4 Å². The first kappa shape index (κ1) is 22.5. The highest BCUT2D eigenvalue weighted by Crippen LogP contribution is 2.30. The van der Waals surface area contributed by atoms with E-state index in [-0.39, 0.29) is 15.6 Å². The molecule has 3 amide bonds. The number of hydrogen-bond acceptors (Lipinski definition) is 5.